The molecule has 2 rings (SSSR count). The summed E-state index contributed by atoms with van der Waals surface area (Å²) in [6.45, 7) is 1.28. The summed E-state index contributed by atoms with van der Waals surface area (Å²) in [7, 11) is 0. The first kappa shape index (κ1) is 12.7. The Morgan fingerprint density at radius 2 is 1.95 bits per heavy atom. The number of carbonyl (C=O) groups is 1. The topological polar surface area (TPSA) is 105 Å². The molecule has 1 aromatic heterocycles. The normalized spacial score (nSPS) is 10.2. The van der Waals surface area contributed by atoms with Crippen LogP contribution in [0.5, 0.6) is 5.75 Å². The minimum Gasteiger partial charge on any atom is -0.426 e. The number of anilines is 1. The summed E-state index contributed by atoms with van der Waals surface area (Å²) in [5.74, 6) is -0.155. The summed E-state index contributed by atoms with van der Waals surface area (Å²) in [6, 6.07) is 6.23. The third kappa shape index (κ3) is 3.38. The smallest absolute Gasteiger partial charge is 0.426 e. The Hall–Kier alpha value is -2.70. The van der Waals surface area contributed by atoms with E-state index >= 15 is 0 Å². The maximum absolute atomic E-state index is 11.4. The first-order chi connectivity index (χ1) is 9.04. The molecule has 0 aliphatic rings. The van der Waals surface area contributed by atoms with Gasteiger partial charge in [-0.05, 0) is 31.2 Å². The van der Waals surface area contributed by atoms with Gasteiger partial charge in [0.1, 0.15) is 5.75 Å². The molecule has 0 aliphatic heterocycles. The molecule has 1 aromatic carbocycles. The Kier molecular flexibility index (Phi) is 3.56. The van der Waals surface area contributed by atoms with Crippen LogP contribution in [0.25, 0.3) is 0 Å². The Morgan fingerprint density at radius 3 is 2.53 bits per heavy atom. The molecule has 0 amide bonds. The lowest BCUT2D eigenvalue weighted by molar-refractivity contribution is 0.0857. The van der Waals surface area contributed by atoms with Crippen molar-refractivity contribution in [3.05, 3.63) is 46.4 Å². The summed E-state index contributed by atoms with van der Waals surface area (Å²) in [6.07, 6.45) is -0.923. The largest absolute Gasteiger partial charge is 0.519 e. The fraction of sp³-hybridized carbons (Fsp3) is 0.167. The van der Waals surface area contributed by atoms with Crippen LogP contribution in [0.4, 0.5) is 10.5 Å². The Bertz CT molecular complexity index is 624. The molecule has 7 nitrogen and oxygen atoms in total. The molecule has 0 spiro atoms. The summed E-state index contributed by atoms with van der Waals surface area (Å²) in [5.41, 5.74) is 6.04. The van der Waals surface area contributed by atoms with Gasteiger partial charge in [-0.25, -0.2) is 9.59 Å². The van der Waals surface area contributed by atoms with Crippen molar-refractivity contribution < 1.29 is 23.1 Å². The van der Waals surface area contributed by atoms with E-state index in [4.69, 9.17) is 15.2 Å². The van der Waals surface area contributed by atoms with Crippen molar-refractivity contribution in [3.63, 3.8) is 0 Å². The van der Waals surface area contributed by atoms with Gasteiger partial charge in [0, 0.05) is 5.69 Å². The van der Waals surface area contributed by atoms with Gasteiger partial charge in [-0.1, -0.05) is 0 Å². The molecule has 100 valence electrons. The van der Waals surface area contributed by atoms with Gasteiger partial charge in [0.15, 0.2) is 18.1 Å². The van der Waals surface area contributed by atoms with Gasteiger partial charge >= 0.3 is 12.0 Å². The summed E-state index contributed by atoms with van der Waals surface area (Å²) in [5, 5.41) is 0. The molecule has 0 unspecified atom stereocenters. The van der Waals surface area contributed by atoms with Crippen molar-refractivity contribution in [2.45, 2.75) is 13.5 Å². The average molecular weight is 265 g/mol. The molecular formula is C12H11NO6. The van der Waals surface area contributed by atoms with Crippen LogP contribution in [-0.2, 0) is 11.3 Å². The second-order valence-corrected chi connectivity index (χ2v) is 3.64. The lowest BCUT2D eigenvalue weighted by Crippen LogP contribution is -2.10. The first-order valence-corrected chi connectivity index (χ1v) is 5.34. The van der Waals surface area contributed by atoms with Crippen molar-refractivity contribution in [2.75, 3.05) is 5.73 Å². The molecule has 0 aliphatic carbocycles. The first-order valence-electron chi connectivity index (χ1n) is 5.34. The van der Waals surface area contributed by atoms with E-state index in [2.05, 4.69) is 8.83 Å². The number of hydrogen-bond donors (Lipinski definition) is 1. The third-order valence-electron chi connectivity index (χ3n) is 2.24. The van der Waals surface area contributed by atoms with E-state index in [0.29, 0.717) is 11.4 Å². The molecule has 0 fully saturated rings. The number of aryl methyl sites for hydroxylation is 1. The van der Waals surface area contributed by atoms with Gasteiger partial charge in [-0.2, -0.15) is 0 Å². The van der Waals surface area contributed by atoms with Crippen LogP contribution in [-0.4, -0.2) is 6.16 Å². The van der Waals surface area contributed by atoms with Crippen molar-refractivity contribution in [3.8, 4) is 5.75 Å². The lowest BCUT2D eigenvalue weighted by Gasteiger charge is -2.04. The molecule has 0 saturated heterocycles. The predicted octanol–water partition coefficient (Wildman–Crippen LogP) is 1.84. The van der Waals surface area contributed by atoms with Crippen molar-refractivity contribution in [1.82, 2.24) is 0 Å². The molecule has 0 atom stereocenters. The molecule has 0 bridgehead atoms. The zero-order valence-corrected chi connectivity index (χ0v) is 10.0. The monoisotopic (exact) mass is 265 g/mol. The fourth-order valence-corrected chi connectivity index (χ4v) is 1.29. The molecule has 0 radical (unpaired) electrons. The van der Waals surface area contributed by atoms with Gasteiger partial charge in [0.2, 0.25) is 0 Å². The molecular weight excluding hydrogens is 254 g/mol. The van der Waals surface area contributed by atoms with E-state index in [-0.39, 0.29) is 18.1 Å². The number of benzene rings is 1. The van der Waals surface area contributed by atoms with Crippen molar-refractivity contribution in [1.29, 1.82) is 0 Å². The van der Waals surface area contributed by atoms with Gasteiger partial charge in [0.25, 0.3) is 0 Å². The van der Waals surface area contributed by atoms with Crippen LogP contribution in [0.3, 0.4) is 0 Å². The van der Waals surface area contributed by atoms with Crippen molar-refractivity contribution >= 4 is 11.8 Å². The van der Waals surface area contributed by atoms with Crippen LogP contribution in [0, 0.1) is 6.92 Å². The minimum atomic E-state index is -0.923. The number of nitrogens with two attached hydrogens (primary N) is 1. The van der Waals surface area contributed by atoms with Crippen LogP contribution in [0.2, 0.25) is 0 Å². The Labute approximate surface area is 107 Å². The van der Waals surface area contributed by atoms with Crippen LogP contribution in [0.1, 0.15) is 11.5 Å². The van der Waals surface area contributed by atoms with Gasteiger partial charge in [-0.3, -0.25) is 0 Å². The fourth-order valence-electron chi connectivity index (χ4n) is 1.29. The molecule has 2 aromatic rings. The molecule has 1 heterocycles. The summed E-state index contributed by atoms with van der Waals surface area (Å²) in [4.78, 5) is 22.1. The van der Waals surface area contributed by atoms with E-state index in [1.54, 1.807) is 12.1 Å². The molecule has 7 heteroatoms. The van der Waals surface area contributed by atoms with Crippen LogP contribution < -0.4 is 16.3 Å². The molecule has 2 N–H and O–H groups in total. The van der Waals surface area contributed by atoms with Crippen LogP contribution in [0.15, 0.2) is 37.9 Å². The van der Waals surface area contributed by atoms with Gasteiger partial charge in [0.05, 0.1) is 0 Å². The lowest BCUT2D eigenvalue weighted by atomic mass is 10.3. The minimum absolute atomic E-state index is 0.138. The van der Waals surface area contributed by atoms with Gasteiger partial charge < -0.3 is 24.0 Å². The van der Waals surface area contributed by atoms with Crippen LogP contribution >= 0.6 is 0 Å². The molecule has 0 saturated carbocycles. The van der Waals surface area contributed by atoms with E-state index in [1.807, 2.05) is 0 Å². The third-order valence-corrected chi connectivity index (χ3v) is 2.24. The second kappa shape index (κ2) is 5.30. The highest BCUT2D eigenvalue weighted by Gasteiger charge is 2.12. The van der Waals surface area contributed by atoms with Crippen molar-refractivity contribution in [2.24, 2.45) is 0 Å². The average Bonchev–Trinajstić information content (AvgIpc) is 2.68. The maximum atomic E-state index is 11.4. The number of ether oxygens (including phenoxy) is 2. The van der Waals surface area contributed by atoms with E-state index in [0.717, 1.165) is 0 Å². The predicted molar refractivity (Wildman–Crippen MR) is 63.6 cm³/mol. The SMILES string of the molecule is Cc1oc(=O)oc1COC(=O)Oc1ccc(N)cc1. The maximum Gasteiger partial charge on any atom is 0.519 e. The Morgan fingerprint density at radius 1 is 1.26 bits per heavy atom. The number of nitrogen functional groups attached to an aromatic ring is 1. The van der Waals surface area contributed by atoms with E-state index in [1.165, 1.54) is 19.1 Å². The summed E-state index contributed by atoms with van der Waals surface area (Å²) >= 11 is 0. The number of hydrogen-bond acceptors (Lipinski definition) is 7. The van der Waals surface area contributed by atoms with E-state index < -0.39 is 12.0 Å². The zero-order chi connectivity index (χ0) is 13.8. The quantitative estimate of drug-likeness (QED) is 0.512. The highest BCUT2D eigenvalue weighted by atomic mass is 16.7. The number of carbonyl (C=O) groups excluding carboxylic acids is 1. The number of rotatable bonds is 3. The van der Waals surface area contributed by atoms with Gasteiger partial charge in [-0.15, -0.1) is 0 Å². The molecule has 19 heavy (non-hydrogen) atoms. The highest BCUT2D eigenvalue weighted by Crippen LogP contribution is 2.14. The second-order valence-electron chi connectivity index (χ2n) is 3.64. The standard InChI is InChI=1S/C12H11NO6/c1-7-10(19-12(15)17-7)6-16-11(14)18-9-4-2-8(13)3-5-9/h2-5H,6,13H2,1H3. The summed E-state index contributed by atoms with van der Waals surface area (Å²) < 4.78 is 18.9. The zero-order valence-electron chi connectivity index (χ0n) is 10.0. The van der Waals surface area contributed by atoms with E-state index in [9.17, 15) is 9.59 Å². The highest BCUT2D eigenvalue weighted by molar-refractivity contribution is 5.64. The Balaban J connectivity index is 1.90.